The van der Waals surface area contributed by atoms with E-state index in [2.05, 4.69) is 21.2 Å². The zero-order valence-corrected chi connectivity index (χ0v) is 28.0. The number of rotatable bonds is 7. The van der Waals surface area contributed by atoms with Crippen molar-refractivity contribution in [1.29, 1.82) is 0 Å². The zero-order chi connectivity index (χ0) is 31.4. The van der Waals surface area contributed by atoms with Crippen LogP contribution >= 0.6 is 15.9 Å². The molecule has 2 aromatic rings. The third-order valence-electron chi connectivity index (χ3n) is 9.91. The lowest BCUT2D eigenvalue weighted by Crippen LogP contribution is -2.48. The van der Waals surface area contributed by atoms with Gasteiger partial charge < -0.3 is 34.7 Å². The fourth-order valence-corrected chi connectivity index (χ4v) is 10.8. The number of piperazine rings is 1. The Labute approximate surface area is 267 Å². The first-order valence-corrected chi connectivity index (χ1v) is 19.3. The van der Waals surface area contributed by atoms with Gasteiger partial charge >= 0.3 is 0 Å². The van der Waals surface area contributed by atoms with E-state index >= 15 is 0 Å². The van der Waals surface area contributed by atoms with E-state index in [0.29, 0.717) is 26.2 Å². The van der Waals surface area contributed by atoms with Gasteiger partial charge in [-0.3, -0.25) is 14.4 Å². The molecule has 3 N–H and O–H groups in total. The molecular formula is C32H41BrN4O6Si. The van der Waals surface area contributed by atoms with Crippen molar-refractivity contribution >= 4 is 53.3 Å². The van der Waals surface area contributed by atoms with E-state index in [1.165, 1.54) is 0 Å². The summed E-state index contributed by atoms with van der Waals surface area (Å²) in [6.45, 7) is 8.15. The smallest absolute Gasteiger partial charge is 0.264 e. The molecule has 3 amide bonds. The van der Waals surface area contributed by atoms with Crippen LogP contribution in [0.1, 0.15) is 37.3 Å². The second kappa shape index (κ2) is 12.0. The maximum Gasteiger partial charge on any atom is 0.264 e. The SMILES string of the molecule is C[C@@H]1[C@@H]([Si](C)(C)O)[C@H](CC(=O)N2CCC[C@H]2CO)O[C@@]12C(=O)N(Cc1ccc(N3CCNCC3=O)cc1)c1ccc(Br)cc12. The van der Waals surface area contributed by atoms with Gasteiger partial charge in [0.25, 0.3) is 5.91 Å². The highest BCUT2D eigenvalue weighted by molar-refractivity contribution is 9.10. The summed E-state index contributed by atoms with van der Waals surface area (Å²) < 4.78 is 7.65. The van der Waals surface area contributed by atoms with E-state index in [-0.39, 0.29) is 48.3 Å². The zero-order valence-electron chi connectivity index (χ0n) is 25.5. The standard InChI is InChI=1S/C32H41BrN4O6Si/c1-20-30(44(2,3)42)27(16-28(39)35-13-4-5-24(35)19-38)43-32(20)25-15-22(33)8-11-26(25)37(31(32)41)18-21-6-9-23(10-7-21)36-14-12-34-17-29(36)40/h6-11,15,20,24,27,30,34,38,42H,4-5,12-14,16-19H2,1-3H3/t20-,24+,27+,30-,32+/m1/s1. The molecule has 1 spiro atoms. The van der Waals surface area contributed by atoms with Gasteiger partial charge in [-0.15, -0.1) is 0 Å². The van der Waals surface area contributed by atoms with Gasteiger partial charge in [-0.1, -0.05) is 35.0 Å². The molecule has 5 atom stereocenters. The molecule has 3 fully saturated rings. The number of carbonyl (C=O) groups is 3. The average Bonchev–Trinajstić information content (AvgIpc) is 3.64. The minimum absolute atomic E-state index is 0.0297. The van der Waals surface area contributed by atoms with Crippen LogP contribution in [0.15, 0.2) is 46.9 Å². The van der Waals surface area contributed by atoms with Crippen LogP contribution in [0.3, 0.4) is 0 Å². The average molecular weight is 686 g/mol. The Hall–Kier alpha value is -2.61. The largest absolute Gasteiger partial charge is 0.432 e. The third-order valence-corrected chi connectivity index (χ3v) is 12.9. The molecule has 4 aliphatic heterocycles. The quantitative estimate of drug-likeness (QED) is 0.383. The van der Waals surface area contributed by atoms with Gasteiger partial charge in [0.2, 0.25) is 11.8 Å². The molecule has 0 bridgehead atoms. The van der Waals surface area contributed by atoms with E-state index in [0.717, 1.165) is 46.4 Å². The van der Waals surface area contributed by atoms with E-state index in [1.807, 2.05) is 62.5 Å². The van der Waals surface area contributed by atoms with Crippen LogP contribution in [0.25, 0.3) is 0 Å². The summed E-state index contributed by atoms with van der Waals surface area (Å²) in [5, 5.41) is 12.9. The van der Waals surface area contributed by atoms with Crippen molar-refractivity contribution in [3.05, 3.63) is 58.1 Å². The third kappa shape index (κ3) is 5.33. The summed E-state index contributed by atoms with van der Waals surface area (Å²) in [6.07, 6.45) is 1.01. The molecule has 4 heterocycles. The number of aliphatic hydroxyl groups is 1. The van der Waals surface area contributed by atoms with Crippen LogP contribution in [-0.4, -0.2) is 85.8 Å². The highest BCUT2D eigenvalue weighted by Gasteiger charge is 2.66. The number of nitrogens with zero attached hydrogens (tertiary/aromatic N) is 3. The Morgan fingerprint density at radius 3 is 2.59 bits per heavy atom. The van der Waals surface area contributed by atoms with Gasteiger partial charge in [0.1, 0.15) is 0 Å². The van der Waals surface area contributed by atoms with E-state index in [1.54, 1.807) is 14.7 Å². The lowest BCUT2D eigenvalue weighted by molar-refractivity contribution is -0.150. The Kier molecular flexibility index (Phi) is 8.53. The lowest BCUT2D eigenvalue weighted by Gasteiger charge is -2.33. The van der Waals surface area contributed by atoms with Crippen molar-refractivity contribution in [2.24, 2.45) is 5.92 Å². The Balaban J connectivity index is 1.31. The molecule has 10 nitrogen and oxygen atoms in total. The number of aliphatic hydroxyl groups excluding tert-OH is 1. The topological polar surface area (TPSA) is 123 Å². The monoisotopic (exact) mass is 684 g/mol. The number of benzene rings is 2. The number of ether oxygens (including phenoxy) is 1. The molecule has 12 heteroatoms. The predicted molar refractivity (Wildman–Crippen MR) is 173 cm³/mol. The fraction of sp³-hybridized carbons (Fsp3) is 0.531. The number of halogens is 1. The molecule has 4 aliphatic rings. The van der Waals surface area contributed by atoms with Gasteiger partial charge in [-0.05, 0) is 61.8 Å². The summed E-state index contributed by atoms with van der Waals surface area (Å²) in [4.78, 5) is 57.4. The molecular weight excluding hydrogens is 644 g/mol. The van der Waals surface area contributed by atoms with Gasteiger partial charge in [0, 0.05) is 46.8 Å². The van der Waals surface area contributed by atoms with Crippen molar-refractivity contribution in [3.8, 4) is 0 Å². The van der Waals surface area contributed by atoms with Gasteiger partial charge in [-0.25, -0.2) is 0 Å². The number of likely N-dealkylation sites (tertiary alicyclic amines) is 1. The number of carbonyl (C=O) groups excluding carboxylic acids is 3. The first kappa shape index (κ1) is 31.4. The molecule has 0 saturated carbocycles. The van der Waals surface area contributed by atoms with Crippen molar-refractivity contribution in [2.75, 3.05) is 42.6 Å². The van der Waals surface area contributed by atoms with E-state index in [4.69, 9.17) is 4.74 Å². The van der Waals surface area contributed by atoms with Crippen LogP contribution in [0, 0.1) is 5.92 Å². The molecule has 0 aromatic heterocycles. The number of nitrogens with one attached hydrogen (secondary N) is 1. The molecule has 44 heavy (non-hydrogen) atoms. The molecule has 3 saturated heterocycles. The highest BCUT2D eigenvalue weighted by atomic mass is 79.9. The second-order valence-corrected chi connectivity index (χ2v) is 18.0. The summed E-state index contributed by atoms with van der Waals surface area (Å²) in [7, 11) is -2.93. The van der Waals surface area contributed by atoms with Gasteiger partial charge in [-0.2, -0.15) is 0 Å². The maximum absolute atomic E-state index is 14.7. The summed E-state index contributed by atoms with van der Waals surface area (Å²) in [5.41, 5.74) is 1.50. The maximum atomic E-state index is 14.7. The van der Waals surface area contributed by atoms with Crippen LogP contribution < -0.4 is 15.1 Å². The van der Waals surface area contributed by atoms with Crippen LogP contribution in [0.5, 0.6) is 0 Å². The number of amides is 3. The van der Waals surface area contributed by atoms with E-state index < -0.39 is 20.0 Å². The molecule has 0 radical (unpaired) electrons. The number of fused-ring (bicyclic) bond motifs is 2. The summed E-state index contributed by atoms with van der Waals surface area (Å²) >= 11 is 3.59. The number of hydrogen-bond acceptors (Lipinski definition) is 7. The number of hydrogen-bond donors (Lipinski definition) is 3. The summed E-state index contributed by atoms with van der Waals surface area (Å²) in [6, 6.07) is 13.3. The first-order valence-electron chi connectivity index (χ1n) is 15.5. The second-order valence-electron chi connectivity index (χ2n) is 13.1. The molecule has 0 aliphatic carbocycles. The molecule has 236 valence electrons. The highest BCUT2D eigenvalue weighted by Crippen LogP contribution is 2.60. The Bertz CT molecular complexity index is 1450. The van der Waals surface area contributed by atoms with Crippen LogP contribution in [0.2, 0.25) is 18.6 Å². The van der Waals surface area contributed by atoms with Crippen molar-refractivity contribution in [1.82, 2.24) is 10.2 Å². The first-order chi connectivity index (χ1) is 21.0. The minimum atomic E-state index is -2.93. The Morgan fingerprint density at radius 1 is 1.16 bits per heavy atom. The summed E-state index contributed by atoms with van der Waals surface area (Å²) in [5.74, 6) is -0.668. The fourth-order valence-electron chi connectivity index (χ4n) is 7.89. The molecule has 2 aromatic carbocycles. The van der Waals surface area contributed by atoms with Crippen molar-refractivity contribution < 1.29 is 29.0 Å². The predicted octanol–water partition coefficient (Wildman–Crippen LogP) is 3.10. The molecule has 6 rings (SSSR count). The van der Waals surface area contributed by atoms with Gasteiger partial charge in [0.05, 0.1) is 44.0 Å². The van der Waals surface area contributed by atoms with Crippen molar-refractivity contribution in [3.63, 3.8) is 0 Å². The number of anilines is 2. The normalized spacial score (nSPS) is 28.8. The van der Waals surface area contributed by atoms with Crippen LogP contribution in [0.4, 0.5) is 11.4 Å². The van der Waals surface area contributed by atoms with E-state index in [9.17, 15) is 24.3 Å². The van der Waals surface area contributed by atoms with Crippen molar-refractivity contribution in [2.45, 2.75) is 69.1 Å². The minimum Gasteiger partial charge on any atom is -0.432 e. The van der Waals surface area contributed by atoms with Crippen LogP contribution in [-0.2, 0) is 31.3 Å². The lowest BCUT2D eigenvalue weighted by atomic mass is 9.82. The Morgan fingerprint density at radius 2 is 1.91 bits per heavy atom. The van der Waals surface area contributed by atoms with Gasteiger partial charge in [0.15, 0.2) is 13.9 Å². The molecule has 0 unspecified atom stereocenters.